The molecule has 184 valence electrons. The van der Waals surface area contributed by atoms with Gasteiger partial charge in [0.2, 0.25) is 0 Å². The van der Waals surface area contributed by atoms with Gasteiger partial charge in [-0.05, 0) is 38.5 Å². The number of esters is 1. The molecule has 0 bridgehead atoms. The fraction of sp³-hybridized carbons (Fsp3) is 0.357. The van der Waals surface area contributed by atoms with Crippen molar-refractivity contribution in [3.63, 3.8) is 0 Å². The van der Waals surface area contributed by atoms with Crippen molar-refractivity contribution in [2.75, 3.05) is 44.2 Å². The number of allylic oxidation sites excluding steroid dienone is 2. The number of rotatable bonds is 7. The average molecular weight is 484 g/mol. The number of hydrogen-bond donors (Lipinski definition) is 0. The Morgan fingerprint density at radius 1 is 1.11 bits per heavy atom. The molecule has 1 fully saturated rings. The highest BCUT2D eigenvalue weighted by atomic mass is 16.5. The van der Waals surface area contributed by atoms with Crippen LogP contribution >= 0.6 is 0 Å². The lowest BCUT2D eigenvalue weighted by Crippen LogP contribution is -2.47. The third-order valence-electron chi connectivity index (χ3n) is 6.13. The molecule has 0 atom stereocenters. The molecule has 1 aromatic carbocycles. The topological polar surface area (TPSA) is 113 Å². The van der Waals surface area contributed by atoms with Gasteiger partial charge in [0.15, 0.2) is 11.3 Å². The molecule has 8 nitrogen and oxygen atoms in total. The van der Waals surface area contributed by atoms with Crippen LogP contribution in [0, 0.1) is 34.0 Å². The Kier molecular flexibility index (Phi) is 8.33. The van der Waals surface area contributed by atoms with E-state index in [0.29, 0.717) is 24.3 Å². The second-order valence-corrected chi connectivity index (χ2v) is 9.11. The molecule has 0 radical (unpaired) electrons. The van der Waals surface area contributed by atoms with E-state index in [2.05, 4.69) is 34.6 Å². The Balaban J connectivity index is 1.63. The lowest BCUT2D eigenvalue weighted by atomic mass is 9.94. The zero-order valence-corrected chi connectivity index (χ0v) is 20.9. The molecule has 3 rings (SSSR count). The van der Waals surface area contributed by atoms with Crippen LogP contribution in [0.5, 0.6) is 0 Å². The monoisotopic (exact) mass is 483 g/mol. The Morgan fingerprint density at radius 2 is 1.75 bits per heavy atom. The molecule has 2 heterocycles. The number of carbonyl (C=O) groups is 1. The van der Waals surface area contributed by atoms with Gasteiger partial charge in [0.25, 0.3) is 0 Å². The van der Waals surface area contributed by atoms with Crippen molar-refractivity contribution in [2.24, 2.45) is 0 Å². The van der Waals surface area contributed by atoms with E-state index in [1.807, 2.05) is 24.3 Å². The number of nitriles is 3. The van der Waals surface area contributed by atoms with E-state index in [4.69, 9.17) is 9.47 Å². The van der Waals surface area contributed by atoms with Crippen molar-refractivity contribution in [1.82, 2.24) is 4.90 Å². The van der Waals surface area contributed by atoms with E-state index in [9.17, 15) is 20.6 Å². The minimum absolute atomic E-state index is 0.0376. The number of ether oxygens (including phenoxy) is 2. The molecule has 0 aliphatic carbocycles. The number of hydrogen-bond acceptors (Lipinski definition) is 8. The van der Waals surface area contributed by atoms with Gasteiger partial charge in [0.05, 0.1) is 0 Å². The van der Waals surface area contributed by atoms with Crippen molar-refractivity contribution < 1.29 is 14.3 Å². The van der Waals surface area contributed by atoms with Gasteiger partial charge in [0.1, 0.15) is 36.0 Å². The van der Waals surface area contributed by atoms with Crippen molar-refractivity contribution in [3.8, 4) is 18.2 Å². The first kappa shape index (κ1) is 26.3. The second-order valence-electron chi connectivity index (χ2n) is 9.11. The van der Waals surface area contributed by atoms with E-state index in [1.165, 1.54) is 0 Å². The van der Waals surface area contributed by atoms with Crippen LogP contribution in [0.25, 0.3) is 6.08 Å². The third-order valence-corrected chi connectivity index (χ3v) is 6.13. The zero-order chi connectivity index (χ0) is 26.3. The van der Waals surface area contributed by atoms with Gasteiger partial charge in [-0.25, -0.2) is 4.79 Å². The molecule has 8 heteroatoms. The van der Waals surface area contributed by atoms with Crippen LogP contribution < -0.4 is 4.90 Å². The van der Waals surface area contributed by atoms with Crippen molar-refractivity contribution in [3.05, 3.63) is 70.5 Å². The summed E-state index contributed by atoms with van der Waals surface area (Å²) in [5.74, 6) is -0.312. The van der Waals surface area contributed by atoms with E-state index >= 15 is 0 Å². The van der Waals surface area contributed by atoms with Crippen LogP contribution in [-0.2, 0) is 14.3 Å². The zero-order valence-electron chi connectivity index (χ0n) is 20.9. The smallest absolute Gasteiger partial charge is 0.333 e. The van der Waals surface area contributed by atoms with Crippen molar-refractivity contribution >= 4 is 17.7 Å². The lowest BCUT2D eigenvalue weighted by Gasteiger charge is -2.36. The van der Waals surface area contributed by atoms with Gasteiger partial charge >= 0.3 is 5.97 Å². The molecule has 0 unspecified atom stereocenters. The normalized spacial score (nSPS) is 17.2. The molecular formula is C28H29N5O3. The summed E-state index contributed by atoms with van der Waals surface area (Å²) < 4.78 is 11.0. The Morgan fingerprint density at radius 3 is 2.31 bits per heavy atom. The fourth-order valence-corrected chi connectivity index (χ4v) is 4.08. The summed E-state index contributed by atoms with van der Waals surface area (Å²) >= 11 is 0. The molecule has 36 heavy (non-hydrogen) atoms. The summed E-state index contributed by atoms with van der Waals surface area (Å²) in [5, 5.41) is 28.1. The Bertz CT molecular complexity index is 1230. The summed E-state index contributed by atoms with van der Waals surface area (Å²) in [6, 6.07) is 13.8. The Labute approximate surface area is 212 Å². The molecule has 0 saturated carbocycles. The third kappa shape index (κ3) is 6.02. The van der Waals surface area contributed by atoms with Gasteiger partial charge in [-0.3, -0.25) is 4.90 Å². The lowest BCUT2D eigenvalue weighted by molar-refractivity contribution is -0.139. The number of piperazine rings is 1. The highest BCUT2D eigenvalue weighted by molar-refractivity contribution is 5.86. The quantitative estimate of drug-likeness (QED) is 0.326. The van der Waals surface area contributed by atoms with E-state index in [-0.39, 0.29) is 22.9 Å². The summed E-state index contributed by atoms with van der Waals surface area (Å²) in [6.07, 6.45) is 3.71. The predicted molar refractivity (Wildman–Crippen MR) is 136 cm³/mol. The first-order valence-corrected chi connectivity index (χ1v) is 11.7. The molecule has 0 N–H and O–H groups in total. The molecule has 0 spiro atoms. The molecule has 1 saturated heterocycles. The highest BCUT2D eigenvalue weighted by Gasteiger charge is 2.38. The van der Waals surface area contributed by atoms with Gasteiger partial charge in [0, 0.05) is 49.6 Å². The molecule has 0 aromatic heterocycles. The van der Waals surface area contributed by atoms with Gasteiger partial charge in [-0.2, -0.15) is 15.8 Å². The standard InChI is InChI=1S/C28H29N5O3/c1-20(2)27(34)35-16-15-32-11-13-33(14-12-32)23-8-5-21(6-9-23)7-10-25-24(19-31)26(22(17-29)18-30)36-28(25,3)4/h5-10H,1,11-16H2,2-4H3/b10-7+. The minimum Gasteiger partial charge on any atom is -0.480 e. The highest BCUT2D eigenvalue weighted by Crippen LogP contribution is 2.40. The predicted octanol–water partition coefficient (Wildman–Crippen LogP) is 3.87. The van der Waals surface area contributed by atoms with Crippen LogP contribution in [0.3, 0.4) is 0 Å². The fourth-order valence-electron chi connectivity index (χ4n) is 4.08. The second kappa shape index (κ2) is 11.4. The summed E-state index contributed by atoms with van der Waals surface area (Å²) in [5.41, 5.74) is 2.28. The SMILES string of the molecule is C=C(C)C(=O)OCCN1CCN(c2ccc(/C=C/C3=C(C#N)C(=C(C#N)C#N)OC3(C)C)cc2)CC1. The van der Waals surface area contributed by atoms with Crippen molar-refractivity contribution in [2.45, 2.75) is 26.4 Å². The van der Waals surface area contributed by atoms with Crippen LogP contribution in [0.2, 0.25) is 0 Å². The summed E-state index contributed by atoms with van der Waals surface area (Å²) in [7, 11) is 0. The molecule has 2 aliphatic heterocycles. The van der Waals surface area contributed by atoms with Crippen LogP contribution in [-0.4, -0.2) is 55.8 Å². The summed E-state index contributed by atoms with van der Waals surface area (Å²) in [6.45, 7) is 13.4. The number of benzene rings is 1. The van der Waals surface area contributed by atoms with Crippen LogP contribution in [0.15, 0.2) is 65.0 Å². The molecule has 2 aliphatic rings. The maximum atomic E-state index is 11.5. The van der Waals surface area contributed by atoms with E-state index in [0.717, 1.165) is 37.4 Å². The van der Waals surface area contributed by atoms with Crippen LogP contribution in [0.1, 0.15) is 26.3 Å². The van der Waals surface area contributed by atoms with Crippen molar-refractivity contribution in [1.29, 1.82) is 15.8 Å². The maximum absolute atomic E-state index is 11.5. The van der Waals surface area contributed by atoms with Crippen LogP contribution in [0.4, 0.5) is 5.69 Å². The van der Waals surface area contributed by atoms with E-state index < -0.39 is 5.60 Å². The number of carbonyl (C=O) groups excluding carboxylic acids is 1. The average Bonchev–Trinajstić information content (AvgIpc) is 3.13. The molecular weight excluding hydrogens is 454 g/mol. The first-order valence-electron chi connectivity index (χ1n) is 11.7. The maximum Gasteiger partial charge on any atom is 0.333 e. The number of nitrogens with zero attached hydrogens (tertiary/aromatic N) is 5. The van der Waals surface area contributed by atoms with Gasteiger partial charge in [-0.1, -0.05) is 30.9 Å². The first-order chi connectivity index (χ1) is 17.2. The minimum atomic E-state index is -0.835. The largest absolute Gasteiger partial charge is 0.480 e. The summed E-state index contributed by atoms with van der Waals surface area (Å²) in [4.78, 5) is 16.1. The Hall–Kier alpha value is -4.32. The molecule has 1 aromatic rings. The van der Waals surface area contributed by atoms with Gasteiger partial charge < -0.3 is 14.4 Å². The van der Waals surface area contributed by atoms with E-state index in [1.54, 1.807) is 32.9 Å². The number of anilines is 1. The molecule has 0 amide bonds. The van der Waals surface area contributed by atoms with Gasteiger partial charge in [-0.15, -0.1) is 0 Å².